The number of hydrogen-bond acceptors (Lipinski definition) is 3. The van der Waals surface area contributed by atoms with Crippen molar-refractivity contribution in [3.8, 4) is 0 Å². The molecule has 0 aromatic rings. The van der Waals surface area contributed by atoms with Crippen LogP contribution in [-0.2, 0) is 4.79 Å². The normalized spacial score (nSPS) is 23.1. The number of nitrogens with zero attached hydrogens (tertiary/aromatic N) is 1. The van der Waals surface area contributed by atoms with Gasteiger partial charge in [-0.3, -0.25) is 4.79 Å². The molecule has 0 radical (unpaired) electrons. The van der Waals surface area contributed by atoms with E-state index in [0.717, 1.165) is 19.6 Å². The molecule has 0 spiro atoms. The Labute approximate surface area is 92.4 Å². The molecule has 88 valence electrons. The fourth-order valence-electron chi connectivity index (χ4n) is 1.92. The first-order chi connectivity index (χ1) is 6.95. The summed E-state index contributed by atoms with van der Waals surface area (Å²) in [6, 6.07) is 0.541. The number of likely N-dealkylation sites (N-methyl/N-ethyl adjacent to an activating group) is 1. The topological polar surface area (TPSA) is 44.4 Å². The van der Waals surface area contributed by atoms with Crippen LogP contribution in [-0.4, -0.2) is 50.6 Å². The molecule has 4 nitrogen and oxygen atoms in total. The van der Waals surface area contributed by atoms with E-state index < -0.39 is 0 Å². The highest BCUT2D eigenvalue weighted by molar-refractivity contribution is 5.81. The van der Waals surface area contributed by atoms with Gasteiger partial charge < -0.3 is 15.5 Å². The van der Waals surface area contributed by atoms with E-state index in [0.29, 0.717) is 6.04 Å². The summed E-state index contributed by atoms with van der Waals surface area (Å²) >= 11 is 0. The summed E-state index contributed by atoms with van der Waals surface area (Å²) in [5, 5.41) is 6.17. The number of amides is 1. The van der Waals surface area contributed by atoms with Gasteiger partial charge in [0.25, 0.3) is 0 Å². The third kappa shape index (κ3) is 3.47. The number of carbonyl (C=O) groups excluding carboxylic acids is 1. The highest BCUT2D eigenvalue weighted by Crippen LogP contribution is 2.15. The van der Waals surface area contributed by atoms with E-state index in [-0.39, 0.29) is 11.3 Å². The Balaban J connectivity index is 2.32. The van der Waals surface area contributed by atoms with Gasteiger partial charge in [-0.2, -0.15) is 0 Å². The third-order valence-corrected chi connectivity index (χ3v) is 3.07. The molecule has 0 saturated carbocycles. The summed E-state index contributed by atoms with van der Waals surface area (Å²) < 4.78 is 0. The molecule has 0 aromatic heterocycles. The zero-order valence-electron chi connectivity index (χ0n) is 10.3. The summed E-state index contributed by atoms with van der Waals surface area (Å²) in [5.41, 5.74) is -0.324. The van der Waals surface area contributed by atoms with Gasteiger partial charge in [0.05, 0.1) is 5.41 Å². The lowest BCUT2D eigenvalue weighted by Gasteiger charge is -2.25. The Morgan fingerprint density at radius 2 is 2.20 bits per heavy atom. The third-order valence-electron chi connectivity index (χ3n) is 3.07. The van der Waals surface area contributed by atoms with Gasteiger partial charge in [-0.15, -0.1) is 0 Å². The molecule has 0 bridgehead atoms. The predicted molar refractivity (Wildman–Crippen MR) is 61.8 cm³/mol. The van der Waals surface area contributed by atoms with Gasteiger partial charge in [-0.25, -0.2) is 0 Å². The Morgan fingerprint density at radius 1 is 1.53 bits per heavy atom. The van der Waals surface area contributed by atoms with Crippen molar-refractivity contribution in [2.75, 3.05) is 33.7 Å². The van der Waals surface area contributed by atoms with E-state index in [1.807, 2.05) is 13.8 Å². The summed E-state index contributed by atoms with van der Waals surface area (Å²) in [6.07, 6.45) is 1.18. The number of rotatable bonds is 4. The summed E-state index contributed by atoms with van der Waals surface area (Å²) in [5.74, 6) is 0.0985. The van der Waals surface area contributed by atoms with Crippen molar-refractivity contribution in [1.29, 1.82) is 0 Å². The van der Waals surface area contributed by atoms with E-state index in [2.05, 4.69) is 22.6 Å². The van der Waals surface area contributed by atoms with E-state index in [4.69, 9.17) is 0 Å². The minimum Gasteiger partial charge on any atom is -0.359 e. The Kier molecular flexibility index (Phi) is 4.11. The monoisotopic (exact) mass is 213 g/mol. The zero-order chi connectivity index (χ0) is 11.5. The van der Waals surface area contributed by atoms with Crippen LogP contribution in [0.5, 0.6) is 0 Å². The lowest BCUT2D eigenvalue weighted by Crippen LogP contribution is -2.45. The number of nitrogens with one attached hydrogen (secondary N) is 2. The molecule has 15 heavy (non-hydrogen) atoms. The maximum absolute atomic E-state index is 11.5. The lowest BCUT2D eigenvalue weighted by molar-refractivity contribution is -0.128. The van der Waals surface area contributed by atoms with Crippen LogP contribution in [0.25, 0.3) is 0 Å². The van der Waals surface area contributed by atoms with Gasteiger partial charge in [0.15, 0.2) is 0 Å². The molecular formula is C11H23N3O. The predicted octanol–water partition coefficient (Wildman–Crippen LogP) is 0.0523. The van der Waals surface area contributed by atoms with Crippen LogP contribution in [0.3, 0.4) is 0 Å². The van der Waals surface area contributed by atoms with E-state index in [1.54, 1.807) is 7.05 Å². The van der Waals surface area contributed by atoms with Crippen LogP contribution in [0.1, 0.15) is 20.3 Å². The molecule has 1 aliphatic heterocycles. The molecule has 1 rings (SSSR count). The van der Waals surface area contributed by atoms with Crippen molar-refractivity contribution in [3.63, 3.8) is 0 Å². The molecular weight excluding hydrogens is 190 g/mol. The second kappa shape index (κ2) is 4.94. The first kappa shape index (κ1) is 12.5. The van der Waals surface area contributed by atoms with E-state index >= 15 is 0 Å². The van der Waals surface area contributed by atoms with Gasteiger partial charge in [-0.1, -0.05) is 0 Å². The standard InChI is InChI=1S/C11H23N3O/c1-11(2,10(15)12-3)8-13-9-5-6-14(4)7-9/h9,13H,5-8H2,1-4H3,(H,12,15). The van der Waals surface area contributed by atoms with Gasteiger partial charge in [-0.05, 0) is 33.9 Å². The average Bonchev–Trinajstić information content (AvgIpc) is 2.60. The van der Waals surface area contributed by atoms with Gasteiger partial charge >= 0.3 is 0 Å². The maximum Gasteiger partial charge on any atom is 0.226 e. The molecule has 1 fully saturated rings. The molecule has 1 saturated heterocycles. The lowest BCUT2D eigenvalue weighted by atomic mass is 9.92. The molecule has 1 atom stereocenters. The highest BCUT2D eigenvalue weighted by atomic mass is 16.2. The van der Waals surface area contributed by atoms with Crippen molar-refractivity contribution in [3.05, 3.63) is 0 Å². The Bertz CT molecular complexity index is 228. The molecule has 0 aromatic carbocycles. The molecule has 1 unspecified atom stereocenters. The van der Waals surface area contributed by atoms with Crippen LogP contribution >= 0.6 is 0 Å². The van der Waals surface area contributed by atoms with Crippen molar-refractivity contribution in [2.24, 2.45) is 5.41 Å². The van der Waals surface area contributed by atoms with E-state index in [1.165, 1.54) is 6.42 Å². The molecule has 4 heteroatoms. The number of carbonyl (C=O) groups is 1. The number of hydrogen-bond donors (Lipinski definition) is 2. The first-order valence-electron chi connectivity index (χ1n) is 5.60. The zero-order valence-corrected chi connectivity index (χ0v) is 10.3. The quantitative estimate of drug-likeness (QED) is 0.694. The smallest absolute Gasteiger partial charge is 0.226 e. The van der Waals surface area contributed by atoms with Gasteiger partial charge in [0, 0.05) is 26.2 Å². The fourth-order valence-corrected chi connectivity index (χ4v) is 1.92. The fraction of sp³-hybridized carbons (Fsp3) is 0.909. The largest absolute Gasteiger partial charge is 0.359 e. The minimum atomic E-state index is -0.324. The van der Waals surface area contributed by atoms with E-state index in [9.17, 15) is 4.79 Å². The molecule has 2 N–H and O–H groups in total. The van der Waals surface area contributed by atoms with Crippen LogP contribution < -0.4 is 10.6 Å². The molecule has 1 heterocycles. The second-order valence-corrected chi connectivity index (χ2v) is 5.09. The number of likely N-dealkylation sites (tertiary alicyclic amines) is 1. The first-order valence-corrected chi connectivity index (χ1v) is 5.60. The van der Waals surface area contributed by atoms with Crippen molar-refractivity contribution in [2.45, 2.75) is 26.3 Å². The summed E-state index contributed by atoms with van der Waals surface area (Å²) in [6.45, 7) is 6.92. The SMILES string of the molecule is CNC(=O)C(C)(C)CNC1CCN(C)C1. The Hall–Kier alpha value is -0.610. The highest BCUT2D eigenvalue weighted by Gasteiger charge is 2.28. The summed E-state index contributed by atoms with van der Waals surface area (Å²) in [4.78, 5) is 13.9. The second-order valence-electron chi connectivity index (χ2n) is 5.09. The van der Waals surface area contributed by atoms with Crippen LogP contribution in [0, 0.1) is 5.41 Å². The summed E-state index contributed by atoms with van der Waals surface area (Å²) in [7, 11) is 3.82. The van der Waals surface area contributed by atoms with Crippen molar-refractivity contribution >= 4 is 5.91 Å². The molecule has 1 amide bonds. The van der Waals surface area contributed by atoms with Crippen molar-refractivity contribution < 1.29 is 4.79 Å². The van der Waals surface area contributed by atoms with Crippen LogP contribution in [0.2, 0.25) is 0 Å². The van der Waals surface area contributed by atoms with Gasteiger partial charge in [0.1, 0.15) is 0 Å². The maximum atomic E-state index is 11.5. The average molecular weight is 213 g/mol. The molecule has 0 aliphatic carbocycles. The van der Waals surface area contributed by atoms with Crippen LogP contribution in [0.15, 0.2) is 0 Å². The van der Waals surface area contributed by atoms with Crippen molar-refractivity contribution in [1.82, 2.24) is 15.5 Å². The molecule has 1 aliphatic rings. The van der Waals surface area contributed by atoms with Gasteiger partial charge in [0.2, 0.25) is 5.91 Å². The Morgan fingerprint density at radius 3 is 2.67 bits per heavy atom. The van der Waals surface area contributed by atoms with Crippen LogP contribution in [0.4, 0.5) is 0 Å². The minimum absolute atomic E-state index is 0.0985.